The zero-order chi connectivity index (χ0) is 25.4. The maximum atomic E-state index is 14.9. The number of amides is 2. The van der Waals surface area contributed by atoms with Gasteiger partial charge in [-0.3, -0.25) is 14.4 Å². The van der Waals surface area contributed by atoms with Crippen LogP contribution in [0.5, 0.6) is 0 Å². The summed E-state index contributed by atoms with van der Waals surface area (Å²) in [5, 5.41) is 2.13. The summed E-state index contributed by atoms with van der Waals surface area (Å²) in [5.41, 5.74) is -4.16. The third kappa shape index (κ3) is 5.04. The minimum absolute atomic E-state index is 0.0680. The summed E-state index contributed by atoms with van der Waals surface area (Å²) < 4.78 is 44.8. The molecule has 0 radical (unpaired) electrons. The summed E-state index contributed by atoms with van der Waals surface area (Å²) in [5.74, 6) is -2.33. The predicted octanol–water partition coefficient (Wildman–Crippen LogP) is 5.97. The minimum Gasteiger partial charge on any atom is -0.330 e. The number of ketones is 1. The number of alkyl halides is 3. The van der Waals surface area contributed by atoms with Crippen molar-refractivity contribution in [3.8, 4) is 0 Å². The molecule has 3 aliphatic carbocycles. The third-order valence-corrected chi connectivity index (χ3v) is 8.50. The quantitative estimate of drug-likeness (QED) is 0.477. The van der Waals surface area contributed by atoms with Crippen LogP contribution in [-0.2, 0) is 14.4 Å². The Kier molecular flexibility index (Phi) is 7.41. The van der Waals surface area contributed by atoms with E-state index < -0.39 is 40.3 Å². The molecular weight excluding hydrogens is 457 g/mol. The van der Waals surface area contributed by atoms with Crippen LogP contribution in [0.1, 0.15) is 110 Å². The second-order valence-corrected chi connectivity index (χ2v) is 11.9. The molecule has 8 heteroatoms. The predicted molar refractivity (Wildman–Crippen MR) is 126 cm³/mol. The van der Waals surface area contributed by atoms with Crippen molar-refractivity contribution in [3.63, 3.8) is 0 Å². The van der Waals surface area contributed by atoms with Crippen LogP contribution in [0.4, 0.5) is 13.2 Å². The molecule has 4 aliphatic rings. The second kappa shape index (κ2) is 9.89. The summed E-state index contributed by atoms with van der Waals surface area (Å²) in [6.07, 6.45) is 5.60. The van der Waals surface area contributed by atoms with Crippen molar-refractivity contribution < 1.29 is 27.6 Å². The summed E-state index contributed by atoms with van der Waals surface area (Å²) in [6, 6.07) is -0.375. The Hall–Kier alpha value is -1.86. The molecule has 5 nitrogen and oxygen atoms in total. The molecule has 1 atom stereocenters. The van der Waals surface area contributed by atoms with Crippen molar-refractivity contribution in [1.82, 2.24) is 10.2 Å². The molecule has 0 spiro atoms. The van der Waals surface area contributed by atoms with E-state index in [0.717, 1.165) is 57.8 Å². The maximum absolute atomic E-state index is 14.9. The van der Waals surface area contributed by atoms with E-state index in [1.165, 1.54) is 4.90 Å². The lowest BCUT2D eigenvalue weighted by Gasteiger charge is -2.36. The van der Waals surface area contributed by atoms with Gasteiger partial charge in [0.25, 0.3) is 5.91 Å². The fourth-order valence-electron chi connectivity index (χ4n) is 6.76. The van der Waals surface area contributed by atoms with Gasteiger partial charge in [-0.05, 0) is 37.0 Å². The molecule has 0 aromatic rings. The highest BCUT2D eigenvalue weighted by Gasteiger charge is 2.72. The molecule has 0 unspecified atom stereocenters. The zero-order valence-corrected chi connectivity index (χ0v) is 21.1. The molecule has 4 rings (SSSR count). The number of rotatable bonds is 5. The van der Waals surface area contributed by atoms with Gasteiger partial charge in [-0.2, -0.15) is 13.2 Å². The zero-order valence-electron chi connectivity index (χ0n) is 21.1. The smallest absolute Gasteiger partial charge is 0.330 e. The van der Waals surface area contributed by atoms with Crippen molar-refractivity contribution in [1.29, 1.82) is 0 Å². The molecule has 2 saturated carbocycles. The highest BCUT2D eigenvalue weighted by atomic mass is 19.4. The number of carbonyl (C=O) groups is 3. The number of halogens is 3. The van der Waals surface area contributed by atoms with Gasteiger partial charge in [-0.25, -0.2) is 0 Å². The van der Waals surface area contributed by atoms with Gasteiger partial charge < -0.3 is 10.2 Å². The Morgan fingerprint density at radius 2 is 1.51 bits per heavy atom. The number of nitrogens with zero attached hydrogens (tertiary/aromatic N) is 1. The van der Waals surface area contributed by atoms with Crippen molar-refractivity contribution in [2.75, 3.05) is 0 Å². The van der Waals surface area contributed by atoms with Gasteiger partial charge in [0.2, 0.25) is 11.4 Å². The number of hydrogen-bond acceptors (Lipinski definition) is 3. The van der Waals surface area contributed by atoms with E-state index in [2.05, 4.69) is 5.32 Å². The van der Waals surface area contributed by atoms with Gasteiger partial charge in [0, 0.05) is 24.6 Å². The Morgan fingerprint density at radius 1 is 0.943 bits per heavy atom. The normalized spacial score (nSPS) is 28.8. The van der Waals surface area contributed by atoms with Gasteiger partial charge in [0.1, 0.15) is 0 Å². The van der Waals surface area contributed by atoms with Crippen LogP contribution >= 0.6 is 0 Å². The monoisotopic (exact) mass is 496 g/mol. The molecule has 0 saturated heterocycles. The van der Waals surface area contributed by atoms with Crippen molar-refractivity contribution in [3.05, 3.63) is 11.3 Å². The number of carbonyl (C=O) groups excluding carboxylic acids is 3. The first-order valence-electron chi connectivity index (χ1n) is 13.4. The molecule has 1 N–H and O–H groups in total. The van der Waals surface area contributed by atoms with Gasteiger partial charge in [0.15, 0.2) is 5.78 Å². The highest BCUT2D eigenvalue weighted by Crippen LogP contribution is 2.53. The maximum Gasteiger partial charge on any atom is 0.425 e. The third-order valence-electron chi connectivity index (χ3n) is 8.50. The molecule has 0 bridgehead atoms. The van der Waals surface area contributed by atoms with Crippen LogP contribution in [0, 0.1) is 11.3 Å². The Morgan fingerprint density at radius 3 is 2.11 bits per heavy atom. The Labute approximate surface area is 206 Å². The van der Waals surface area contributed by atoms with Crippen LogP contribution in [0.2, 0.25) is 0 Å². The van der Waals surface area contributed by atoms with Crippen LogP contribution < -0.4 is 5.32 Å². The number of nitrogens with one attached hydrogen (secondary N) is 1. The lowest BCUT2D eigenvalue weighted by molar-refractivity contribution is -0.195. The average Bonchev–Trinajstić information content (AvgIpc) is 2.92. The summed E-state index contributed by atoms with van der Waals surface area (Å²) in [7, 11) is 0. The second-order valence-electron chi connectivity index (χ2n) is 11.9. The molecule has 0 aromatic heterocycles. The van der Waals surface area contributed by atoms with Crippen LogP contribution in [0.25, 0.3) is 0 Å². The lowest BCUT2D eigenvalue weighted by Crippen LogP contribution is -2.66. The topological polar surface area (TPSA) is 66.5 Å². The summed E-state index contributed by atoms with van der Waals surface area (Å²) >= 11 is 0. The van der Waals surface area contributed by atoms with Crippen LogP contribution in [-0.4, -0.2) is 40.3 Å². The Balaban J connectivity index is 1.70. The minimum atomic E-state index is -5.11. The fraction of sp³-hybridized carbons (Fsp3) is 0.815. The molecular formula is C27H39F3N2O3. The van der Waals surface area contributed by atoms with Gasteiger partial charge in [-0.15, -0.1) is 0 Å². The number of hydrogen-bond donors (Lipinski definition) is 1. The molecule has 1 heterocycles. The van der Waals surface area contributed by atoms with E-state index in [1.807, 2.05) is 13.8 Å². The first-order valence-corrected chi connectivity index (χ1v) is 13.4. The average molecular weight is 497 g/mol. The van der Waals surface area contributed by atoms with Crippen molar-refractivity contribution in [2.24, 2.45) is 11.3 Å². The molecule has 0 aromatic carbocycles. The van der Waals surface area contributed by atoms with Gasteiger partial charge in [0.05, 0.1) is 5.57 Å². The van der Waals surface area contributed by atoms with E-state index in [0.29, 0.717) is 25.2 Å². The summed E-state index contributed by atoms with van der Waals surface area (Å²) in [4.78, 5) is 41.4. The first-order chi connectivity index (χ1) is 16.5. The highest BCUT2D eigenvalue weighted by molar-refractivity contribution is 6.13. The summed E-state index contributed by atoms with van der Waals surface area (Å²) in [6.45, 7) is 3.70. The number of allylic oxidation sites excluding steroid dienone is 1. The Bertz CT molecular complexity index is 881. The number of Topliss-reactive ketones (excluding diaryl/α,β-unsaturated/α-hetero) is 1. The van der Waals surface area contributed by atoms with Crippen LogP contribution in [0.15, 0.2) is 11.3 Å². The first kappa shape index (κ1) is 26.2. The van der Waals surface area contributed by atoms with E-state index in [-0.39, 0.29) is 31.0 Å². The van der Waals surface area contributed by atoms with Crippen LogP contribution in [0.3, 0.4) is 0 Å². The standard InChI is InChI=1S/C27H39F3N2O3/c1-25(2)16-20-23(21(33)17-25)26(27(28,29)30,24(35)32(20)19-12-8-3-4-9-13-19)31-22(34)15-14-18-10-6-5-7-11-18/h18-19H,3-17H2,1-2H3,(H,31,34)/t26-/m0/s1. The lowest BCUT2D eigenvalue weighted by atomic mass is 9.72. The van der Waals surface area contributed by atoms with E-state index in [9.17, 15) is 27.6 Å². The van der Waals surface area contributed by atoms with E-state index >= 15 is 0 Å². The van der Waals surface area contributed by atoms with Crippen molar-refractivity contribution >= 4 is 17.6 Å². The SMILES string of the molecule is CC1(C)CC(=O)C2=C(C1)N(C1CCCCCC1)C(=O)[C@]2(NC(=O)CCC1CCCCC1)C(F)(F)F. The largest absolute Gasteiger partial charge is 0.425 e. The van der Waals surface area contributed by atoms with Crippen molar-refractivity contribution in [2.45, 2.75) is 128 Å². The molecule has 196 valence electrons. The molecule has 2 fully saturated rings. The molecule has 1 aliphatic heterocycles. The van der Waals surface area contributed by atoms with E-state index in [4.69, 9.17) is 0 Å². The van der Waals surface area contributed by atoms with Gasteiger partial charge in [-0.1, -0.05) is 71.6 Å². The van der Waals surface area contributed by atoms with E-state index in [1.54, 1.807) is 0 Å². The molecule has 2 amide bonds. The van der Waals surface area contributed by atoms with Gasteiger partial charge >= 0.3 is 6.18 Å². The molecule has 35 heavy (non-hydrogen) atoms. The fourth-order valence-corrected chi connectivity index (χ4v) is 6.76.